The Balaban J connectivity index is 1.26. The van der Waals surface area contributed by atoms with Gasteiger partial charge in [0.25, 0.3) is 11.8 Å². The number of aromatic nitrogens is 3. The van der Waals surface area contributed by atoms with Gasteiger partial charge in [0.1, 0.15) is 29.8 Å². The Morgan fingerprint density at radius 2 is 1.67 bits per heavy atom. The summed E-state index contributed by atoms with van der Waals surface area (Å²) in [6.45, 7) is 3.22. The number of aliphatic hydroxyl groups excluding tert-OH is 1. The van der Waals surface area contributed by atoms with Gasteiger partial charge in [0.15, 0.2) is 18.1 Å². The van der Waals surface area contributed by atoms with Crippen molar-refractivity contribution in [2.45, 2.75) is 44.0 Å². The number of hydrogen-bond acceptors (Lipinski definition) is 9. The first-order valence-electron chi connectivity index (χ1n) is 14.4. The van der Waals surface area contributed by atoms with Crippen molar-refractivity contribution < 1.29 is 34.1 Å². The van der Waals surface area contributed by atoms with Gasteiger partial charge in [-0.3, -0.25) is 9.59 Å². The van der Waals surface area contributed by atoms with E-state index in [2.05, 4.69) is 9.97 Å². The number of halogens is 1. The van der Waals surface area contributed by atoms with Gasteiger partial charge in [0.05, 0.1) is 22.1 Å². The predicted molar refractivity (Wildman–Crippen MR) is 166 cm³/mol. The summed E-state index contributed by atoms with van der Waals surface area (Å²) in [5, 5.41) is 24.0. The Kier molecular flexibility index (Phi) is 7.21. The summed E-state index contributed by atoms with van der Waals surface area (Å²) in [7, 11) is 0. The van der Waals surface area contributed by atoms with Crippen LogP contribution in [0.4, 0.5) is 5.82 Å². The number of carbonyl (C=O) groups is 3. The van der Waals surface area contributed by atoms with Crippen LogP contribution in [0, 0.1) is 6.92 Å². The molecule has 232 valence electrons. The topological polar surface area (TPSA) is 144 Å². The maximum absolute atomic E-state index is 13.3. The van der Waals surface area contributed by atoms with Gasteiger partial charge in [-0.25, -0.2) is 19.7 Å². The van der Waals surface area contributed by atoms with Crippen LogP contribution in [-0.2, 0) is 9.47 Å². The summed E-state index contributed by atoms with van der Waals surface area (Å²) in [4.78, 5) is 49.3. The number of fused-ring (bicyclic) bond motifs is 2. The predicted octanol–water partition coefficient (Wildman–Crippen LogP) is 4.80. The lowest BCUT2D eigenvalue weighted by atomic mass is 9.88. The van der Waals surface area contributed by atoms with Crippen molar-refractivity contribution in [3.8, 4) is 0 Å². The molecule has 0 saturated carbocycles. The molecule has 1 fully saturated rings. The van der Waals surface area contributed by atoms with E-state index in [1.807, 2.05) is 6.92 Å². The molecule has 46 heavy (non-hydrogen) atoms. The van der Waals surface area contributed by atoms with Gasteiger partial charge >= 0.3 is 5.97 Å². The average Bonchev–Trinajstić information content (AvgIpc) is 3.67. The van der Waals surface area contributed by atoms with E-state index in [4.69, 9.17) is 21.1 Å². The highest BCUT2D eigenvalue weighted by Gasteiger charge is 2.57. The molecule has 0 unspecified atom stereocenters. The number of benzene rings is 3. The second-order valence-electron chi connectivity index (χ2n) is 11.5. The average molecular weight is 639 g/mol. The van der Waals surface area contributed by atoms with Gasteiger partial charge in [0, 0.05) is 11.2 Å². The molecule has 5 atom stereocenters. The molecule has 0 aliphatic carbocycles. The quantitative estimate of drug-likeness (QED) is 0.198. The van der Waals surface area contributed by atoms with Crippen LogP contribution in [0.15, 0.2) is 91.4 Å². The Hall–Kier alpha value is -4.94. The van der Waals surface area contributed by atoms with E-state index in [0.717, 1.165) is 10.5 Å². The van der Waals surface area contributed by atoms with Crippen LogP contribution in [0.3, 0.4) is 0 Å². The molecule has 1 saturated heterocycles. The summed E-state index contributed by atoms with van der Waals surface area (Å²) in [6.07, 6.45) is -2.46. The molecule has 7 rings (SSSR count). The van der Waals surface area contributed by atoms with E-state index < -0.39 is 47.9 Å². The van der Waals surface area contributed by atoms with E-state index in [1.165, 1.54) is 17.8 Å². The zero-order valence-corrected chi connectivity index (χ0v) is 25.3. The number of aryl methyl sites for hydroxylation is 1. The summed E-state index contributed by atoms with van der Waals surface area (Å²) in [5.41, 5.74) is 0.346. The molecule has 2 N–H and O–H groups in total. The lowest BCUT2D eigenvalue weighted by molar-refractivity contribution is -0.119. The lowest BCUT2D eigenvalue weighted by Gasteiger charge is -2.32. The van der Waals surface area contributed by atoms with Crippen LogP contribution in [0.2, 0.25) is 5.02 Å². The number of amides is 2. The van der Waals surface area contributed by atoms with Crippen LogP contribution < -0.4 is 4.90 Å². The largest absolute Gasteiger partial charge is 0.451 e. The van der Waals surface area contributed by atoms with Crippen LogP contribution in [0.5, 0.6) is 0 Å². The van der Waals surface area contributed by atoms with Crippen molar-refractivity contribution in [3.63, 3.8) is 0 Å². The molecule has 12 heteroatoms. The first kappa shape index (κ1) is 29.8. The Morgan fingerprint density at radius 3 is 2.35 bits per heavy atom. The Labute approximate surface area is 267 Å². The fourth-order valence-corrected chi connectivity index (χ4v) is 6.17. The number of rotatable bonds is 6. The van der Waals surface area contributed by atoms with Gasteiger partial charge in [0.2, 0.25) is 0 Å². The van der Waals surface area contributed by atoms with Gasteiger partial charge in [-0.2, -0.15) is 0 Å². The third-order valence-corrected chi connectivity index (χ3v) is 8.95. The SMILES string of the molecule is Cc1ccc([C@@H](OC(=O)c2ccccc2)[C@H]2O[C@@H](n3ccc4c(N5C(=O)c6ccccc6C5=O)ncnc43)[C@H](O)[C@]2(C)O)cc1Cl. The number of esters is 1. The first-order chi connectivity index (χ1) is 22.1. The third-order valence-electron chi connectivity index (χ3n) is 8.54. The zero-order chi connectivity index (χ0) is 32.3. The van der Waals surface area contributed by atoms with Gasteiger partial charge in [-0.15, -0.1) is 0 Å². The van der Waals surface area contributed by atoms with Crippen LogP contribution >= 0.6 is 11.6 Å². The van der Waals surface area contributed by atoms with E-state index in [1.54, 1.807) is 85.1 Å². The smallest absolute Gasteiger partial charge is 0.338 e. The van der Waals surface area contributed by atoms with Gasteiger partial charge in [-0.05, 0) is 61.4 Å². The molecule has 3 aromatic carbocycles. The molecule has 5 aromatic rings. The highest BCUT2D eigenvalue weighted by Crippen LogP contribution is 2.46. The summed E-state index contributed by atoms with van der Waals surface area (Å²) in [5.74, 6) is -1.64. The minimum absolute atomic E-state index is 0.0645. The van der Waals surface area contributed by atoms with E-state index in [-0.39, 0.29) is 28.2 Å². The molecule has 2 aromatic heterocycles. The van der Waals surface area contributed by atoms with E-state index >= 15 is 0 Å². The number of nitrogens with zero attached hydrogens (tertiary/aromatic N) is 4. The van der Waals surface area contributed by atoms with Crippen molar-refractivity contribution in [2.24, 2.45) is 0 Å². The Bertz CT molecular complexity index is 1990. The fourth-order valence-electron chi connectivity index (χ4n) is 5.99. The number of hydrogen-bond donors (Lipinski definition) is 2. The fraction of sp³-hybridized carbons (Fsp3) is 0.206. The highest BCUT2D eigenvalue weighted by molar-refractivity contribution is 6.35. The van der Waals surface area contributed by atoms with Crippen molar-refractivity contribution >= 4 is 46.2 Å². The molecule has 11 nitrogen and oxygen atoms in total. The van der Waals surface area contributed by atoms with Crippen LogP contribution in [-0.4, -0.2) is 60.3 Å². The molecular weight excluding hydrogens is 612 g/mol. The second kappa shape index (κ2) is 11.1. The summed E-state index contributed by atoms with van der Waals surface area (Å²) >= 11 is 6.45. The third kappa shape index (κ3) is 4.67. The van der Waals surface area contributed by atoms with E-state index in [9.17, 15) is 24.6 Å². The molecule has 2 amide bonds. The minimum Gasteiger partial charge on any atom is -0.451 e. The molecule has 0 radical (unpaired) electrons. The molecule has 0 bridgehead atoms. The number of aliphatic hydroxyl groups is 2. The monoisotopic (exact) mass is 638 g/mol. The van der Waals surface area contributed by atoms with Crippen molar-refractivity contribution in [1.29, 1.82) is 0 Å². The summed E-state index contributed by atoms with van der Waals surface area (Å²) < 4.78 is 13.8. The van der Waals surface area contributed by atoms with Gasteiger partial charge < -0.3 is 24.3 Å². The standard InChI is InChI=1S/C34H27ClN4O7/c1-18-12-13-20(16-24(18)35)25(45-33(43)19-8-4-3-5-9-19)27-34(2,44)26(40)32(46-27)38-15-14-23-28(38)36-17-37-29(23)39-30(41)21-10-6-7-11-22(21)31(39)42/h3-17,25-27,32,40,44H,1-2H3/t25-,26+,27-,32-,34+/m1/s1. The van der Waals surface area contributed by atoms with Crippen molar-refractivity contribution in [3.05, 3.63) is 124 Å². The van der Waals surface area contributed by atoms with Crippen molar-refractivity contribution in [2.75, 3.05) is 4.90 Å². The van der Waals surface area contributed by atoms with Crippen LogP contribution in [0.25, 0.3) is 11.0 Å². The maximum Gasteiger partial charge on any atom is 0.338 e. The van der Waals surface area contributed by atoms with E-state index in [0.29, 0.717) is 16.0 Å². The van der Waals surface area contributed by atoms with Gasteiger partial charge in [-0.1, -0.05) is 54.1 Å². The number of ether oxygens (including phenoxy) is 2. The van der Waals surface area contributed by atoms with Crippen molar-refractivity contribution in [1.82, 2.24) is 14.5 Å². The molecular formula is C34H27ClN4O7. The Morgan fingerprint density at radius 1 is 1.00 bits per heavy atom. The second-order valence-corrected chi connectivity index (χ2v) is 11.9. The zero-order valence-electron chi connectivity index (χ0n) is 24.6. The number of carbonyl (C=O) groups excluding carboxylic acids is 3. The lowest BCUT2D eigenvalue weighted by Crippen LogP contribution is -2.48. The molecule has 4 heterocycles. The van der Waals surface area contributed by atoms with Crippen LogP contribution in [0.1, 0.15) is 61.5 Å². The normalized spacial score (nSPS) is 23.2. The summed E-state index contributed by atoms with van der Waals surface area (Å²) in [6, 6.07) is 21.6. The molecule has 2 aliphatic rings. The maximum atomic E-state index is 13.3. The molecule has 0 spiro atoms. The number of imide groups is 1. The minimum atomic E-state index is -1.95. The highest BCUT2D eigenvalue weighted by atomic mass is 35.5. The first-order valence-corrected chi connectivity index (χ1v) is 14.8. The molecule has 2 aliphatic heterocycles. The number of anilines is 1.